The minimum absolute atomic E-state index is 0.110. The predicted octanol–water partition coefficient (Wildman–Crippen LogP) is 1.48. The van der Waals surface area contributed by atoms with E-state index in [2.05, 4.69) is 10.3 Å². The minimum atomic E-state index is -1.07. The van der Waals surface area contributed by atoms with Gasteiger partial charge in [0.2, 0.25) is 0 Å². The highest BCUT2D eigenvalue weighted by Crippen LogP contribution is 2.23. The van der Waals surface area contributed by atoms with Crippen LogP contribution in [0.3, 0.4) is 0 Å². The van der Waals surface area contributed by atoms with Gasteiger partial charge in [0.05, 0.1) is 6.10 Å². The van der Waals surface area contributed by atoms with Gasteiger partial charge in [0.25, 0.3) is 5.91 Å². The molecular weight excluding hydrogens is 272 g/mol. The summed E-state index contributed by atoms with van der Waals surface area (Å²) in [7, 11) is 0. The maximum atomic E-state index is 12.2. The summed E-state index contributed by atoms with van der Waals surface area (Å²) >= 11 is 0. The molecule has 1 heterocycles. The summed E-state index contributed by atoms with van der Waals surface area (Å²) in [4.78, 5) is 26.7. The first-order valence-electron chi connectivity index (χ1n) is 6.87. The average molecular weight is 290 g/mol. The van der Waals surface area contributed by atoms with Crippen molar-refractivity contribution in [3.8, 4) is 0 Å². The summed E-state index contributed by atoms with van der Waals surface area (Å²) in [6.45, 7) is 2.63. The number of carboxylic acids is 1. The largest absolute Gasteiger partial charge is 0.478 e. The van der Waals surface area contributed by atoms with Crippen LogP contribution in [0.4, 0.5) is 0 Å². The van der Waals surface area contributed by atoms with Gasteiger partial charge in [-0.15, -0.1) is 0 Å². The van der Waals surface area contributed by atoms with E-state index in [1.165, 1.54) is 18.5 Å². The summed E-state index contributed by atoms with van der Waals surface area (Å²) in [6.07, 6.45) is 7.19. The number of nitrogens with one attached hydrogen (secondary N) is 1. The average Bonchev–Trinajstić information content (AvgIpc) is 2.43. The standard InChI is InChI=1S/C15H18N2O4/c1-2-21-12-7-11(8-12)17-15(20)13-5-6-16-9-10(13)3-4-14(18)19/h3-6,9,11-12H,2,7-8H2,1H3,(H,17,20)(H,18,19)/b4-3+. The van der Waals surface area contributed by atoms with Gasteiger partial charge in [0, 0.05) is 42.2 Å². The molecule has 6 nitrogen and oxygen atoms in total. The van der Waals surface area contributed by atoms with E-state index in [4.69, 9.17) is 9.84 Å². The Morgan fingerprint density at radius 1 is 1.52 bits per heavy atom. The number of carbonyl (C=O) groups is 2. The Bertz CT molecular complexity index is 550. The predicted molar refractivity (Wildman–Crippen MR) is 76.8 cm³/mol. The molecule has 6 heteroatoms. The molecule has 1 saturated carbocycles. The monoisotopic (exact) mass is 290 g/mol. The Kier molecular flexibility index (Phi) is 5.05. The molecule has 0 aromatic carbocycles. The molecule has 2 N–H and O–H groups in total. The third-order valence-corrected chi connectivity index (χ3v) is 3.33. The van der Waals surface area contributed by atoms with E-state index in [-0.39, 0.29) is 18.1 Å². The number of hydrogen-bond acceptors (Lipinski definition) is 4. The van der Waals surface area contributed by atoms with Gasteiger partial charge in [0.15, 0.2) is 0 Å². The summed E-state index contributed by atoms with van der Waals surface area (Å²) in [5.41, 5.74) is 0.903. The Balaban J connectivity index is 1.98. The van der Waals surface area contributed by atoms with E-state index in [0.29, 0.717) is 17.7 Å². The first kappa shape index (κ1) is 15.2. The number of carbonyl (C=O) groups excluding carboxylic acids is 1. The first-order chi connectivity index (χ1) is 10.1. The van der Waals surface area contributed by atoms with Crippen LogP contribution >= 0.6 is 0 Å². The third kappa shape index (κ3) is 4.13. The van der Waals surface area contributed by atoms with Crippen LogP contribution < -0.4 is 5.32 Å². The fraction of sp³-hybridized carbons (Fsp3) is 0.400. The van der Waals surface area contributed by atoms with Gasteiger partial charge in [-0.05, 0) is 31.9 Å². The lowest BCUT2D eigenvalue weighted by molar-refractivity contribution is -0.131. The lowest BCUT2D eigenvalue weighted by Crippen LogP contribution is -2.47. The first-order valence-corrected chi connectivity index (χ1v) is 6.87. The molecule has 1 aromatic heterocycles. The molecule has 1 aromatic rings. The third-order valence-electron chi connectivity index (χ3n) is 3.33. The molecule has 0 aliphatic heterocycles. The van der Waals surface area contributed by atoms with E-state index < -0.39 is 5.97 Å². The number of carboxylic acid groups (broad SMARTS) is 1. The van der Waals surface area contributed by atoms with Crippen molar-refractivity contribution < 1.29 is 19.4 Å². The molecule has 1 amide bonds. The smallest absolute Gasteiger partial charge is 0.328 e. The van der Waals surface area contributed by atoms with Crippen molar-refractivity contribution in [2.45, 2.75) is 31.9 Å². The summed E-state index contributed by atoms with van der Waals surface area (Å²) in [5.74, 6) is -1.29. The molecule has 2 rings (SSSR count). The van der Waals surface area contributed by atoms with Gasteiger partial charge >= 0.3 is 5.97 Å². The van der Waals surface area contributed by atoms with E-state index >= 15 is 0 Å². The number of rotatable bonds is 6. The van der Waals surface area contributed by atoms with Crippen molar-refractivity contribution in [2.24, 2.45) is 0 Å². The molecule has 0 atom stereocenters. The highest BCUT2D eigenvalue weighted by atomic mass is 16.5. The van der Waals surface area contributed by atoms with Gasteiger partial charge in [-0.1, -0.05) is 0 Å². The molecule has 112 valence electrons. The van der Waals surface area contributed by atoms with Crippen LogP contribution in [0.2, 0.25) is 0 Å². The Morgan fingerprint density at radius 2 is 2.29 bits per heavy atom. The summed E-state index contributed by atoms with van der Waals surface area (Å²) in [5, 5.41) is 11.6. The lowest BCUT2D eigenvalue weighted by Gasteiger charge is -2.35. The number of aliphatic carboxylic acids is 1. The topological polar surface area (TPSA) is 88.5 Å². The van der Waals surface area contributed by atoms with Crippen LogP contribution in [0, 0.1) is 0 Å². The zero-order valence-electron chi connectivity index (χ0n) is 11.8. The zero-order valence-corrected chi connectivity index (χ0v) is 11.8. The van der Waals surface area contributed by atoms with E-state index in [1.807, 2.05) is 6.92 Å². The number of hydrogen-bond donors (Lipinski definition) is 2. The highest BCUT2D eigenvalue weighted by molar-refractivity contribution is 5.99. The second-order valence-corrected chi connectivity index (χ2v) is 4.85. The van der Waals surface area contributed by atoms with Crippen LogP contribution in [-0.4, -0.2) is 40.7 Å². The number of ether oxygens (including phenoxy) is 1. The maximum absolute atomic E-state index is 12.2. The van der Waals surface area contributed by atoms with Crippen LogP contribution in [0.15, 0.2) is 24.5 Å². The van der Waals surface area contributed by atoms with Crippen molar-refractivity contribution >= 4 is 18.0 Å². The number of aromatic nitrogens is 1. The van der Waals surface area contributed by atoms with E-state index in [0.717, 1.165) is 18.9 Å². The second-order valence-electron chi connectivity index (χ2n) is 4.85. The molecule has 1 aliphatic rings. The molecule has 21 heavy (non-hydrogen) atoms. The van der Waals surface area contributed by atoms with E-state index in [9.17, 15) is 9.59 Å². The van der Waals surface area contributed by atoms with Gasteiger partial charge in [-0.3, -0.25) is 9.78 Å². The summed E-state index contributed by atoms with van der Waals surface area (Å²) < 4.78 is 5.45. The van der Waals surface area contributed by atoms with Crippen LogP contribution in [-0.2, 0) is 9.53 Å². The Morgan fingerprint density at radius 3 is 2.95 bits per heavy atom. The number of pyridine rings is 1. The molecule has 0 bridgehead atoms. The Hall–Kier alpha value is -2.21. The molecular formula is C15H18N2O4. The van der Waals surface area contributed by atoms with Crippen LogP contribution in [0.1, 0.15) is 35.7 Å². The quantitative estimate of drug-likeness (QED) is 0.775. The van der Waals surface area contributed by atoms with Gasteiger partial charge in [-0.2, -0.15) is 0 Å². The molecule has 0 unspecified atom stereocenters. The van der Waals surface area contributed by atoms with Crippen LogP contribution in [0.5, 0.6) is 0 Å². The summed E-state index contributed by atoms with van der Waals surface area (Å²) in [6, 6.07) is 1.69. The Labute approximate surface area is 122 Å². The number of amides is 1. The number of nitrogens with zero attached hydrogens (tertiary/aromatic N) is 1. The SMILES string of the molecule is CCOC1CC(NC(=O)c2ccncc2/C=C/C(=O)O)C1. The van der Waals surface area contributed by atoms with Crippen molar-refractivity contribution in [1.82, 2.24) is 10.3 Å². The fourth-order valence-corrected chi connectivity index (χ4v) is 2.23. The lowest BCUT2D eigenvalue weighted by atomic mass is 9.89. The van der Waals surface area contributed by atoms with Gasteiger partial charge < -0.3 is 15.2 Å². The fourth-order valence-electron chi connectivity index (χ4n) is 2.23. The van der Waals surface area contributed by atoms with Gasteiger partial charge in [0.1, 0.15) is 0 Å². The second kappa shape index (κ2) is 6.99. The maximum Gasteiger partial charge on any atom is 0.328 e. The molecule has 0 radical (unpaired) electrons. The van der Waals surface area contributed by atoms with E-state index in [1.54, 1.807) is 6.07 Å². The van der Waals surface area contributed by atoms with Crippen molar-refractivity contribution in [3.63, 3.8) is 0 Å². The normalized spacial score (nSPS) is 21.0. The van der Waals surface area contributed by atoms with Crippen molar-refractivity contribution in [1.29, 1.82) is 0 Å². The molecule has 0 spiro atoms. The van der Waals surface area contributed by atoms with Crippen molar-refractivity contribution in [2.75, 3.05) is 6.61 Å². The minimum Gasteiger partial charge on any atom is -0.478 e. The zero-order chi connectivity index (χ0) is 15.2. The van der Waals surface area contributed by atoms with Crippen molar-refractivity contribution in [3.05, 3.63) is 35.7 Å². The molecule has 1 fully saturated rings. The molecule has 1 aliphatic carbocycles. The van der Waals surface area contributed by atoms with Gasteiger partial charge in [-0.25, -0.2) is 4.79 Å². The van der Waals surface area contributed by atoms with Crippen LogP contribution in [0.25, 0.3) is 6.08 Å². The molecule has 0 saturated heterocycles. The highest BCUT2D eigenvalue weighted by Gasteiger charge is 2.31.